The van der Waals surface area contributed by atoms with Gasteiger partial charge in [0.2, 0.25) is 0 Å². The lowest BCUT2D eigenvalue weighted by Gasteiger charge is -2.19. The van der Waals surface area contributed by atoms with Crippen LogP contribution in [0.4, 0.5) is 0 Å². The maximum atomic E-state index is 8.73. The number of hydrogen-bond acceptors (Lipinski definition) is 3. The zero-order chi connectivity index (χ0) is 26.5. The van der Waals surface area contributed by atoms with Crippen molar-refractivity contribution < 1.29 is 5.11 Å². The van der Waals surface area contributed by atoms with Crippen molar-refractivity contribution in [1.82, 2.24) is 4.90 Å². The monoisotopic (exact) mass is 554 g/mol. The Kier molecular flexibility index (Phi) is 28.3. The molecule has 5 heteroatoms. The van der Waals surface area contributed by atoms with E-state index in [1.165, 1.54) is 75.8 Å². The average Bonchev–Trinajstić information content (AvgIpc) is 3.62. The minimum atomic E-state index is 0. The molecule has 0 bridgehead atoms. The summed E-state index contributed by atoms with van der Waals surface area (Å²) in [5.74, 6) is 0. The van der Waals surface area contributed by atoms with Gasteiger partial charge in [-0.1, -0.05) is 94.1 Å². The van der Waals surface area contributed by atoms with E-state index in [-0.39, 0.29) is 21.0 Å². The third-order valence-corrected chi connectivity index (χ3v) is 6.91. The molecule has 3 aliphatic carbocycles. The van der Waals surface area contributed by atoms with Gasteiger partial charge in [-0.2, -0.15) is 5.26 Å². The molecule has 0 radical (unpaired) electrons. The van der Waals surface area contributed by atoms with Gasteiger partial charge in [-0.15, -0.1) is 11.6 Å². The van der Waals surface area contributed by atoms with Crippen LogP contribution in [0.1, 0.15) is 117 Å². The van der Waals surface area contributed by atoms with E-state index in [1.807, 2.05) is 20.9 Å². The number of halogens is 2. The van der Waals surface area contributed by atoms with Crippen molar-refractivity contribution in [1.29, 1.82) is 5.26 Å². The molecule has 1 N–H and O–H groups in total. The topological polar surface area (TPSA) is 47.3 Å². The van der Waals surface area contributed by atoms with E-state index >= 15 is 0 Å². The Morgan fingerprint density at radius 2 is 1.38 bits per heavy atom. The van der Waals surface area contributed by atoms with Gasteiger partial charge < -0.3 is 10.0 Å². The normalized spacial score (nSPS) is 15.3. The quantitative estimate of drug-likeness (QED) is 0.229. The van der Waals surface area contributed by atoms with Gasteiger partial charge >= 0.3 is 0 Å². The summed E-state index contributed by atoms with van der Waals surface area (Å²) in [6, 6.07) is 10.3. The summed E-state index contributed by atoms with van der Waals surface area (Å²) in [7, 11) is 2.01. The van der Waals surface area contributed by atoms with E-state index in [2.05, 4.69) is 48.2 Å². The van der Waals surface area contributed by atoms with Gasteiger partial charge in [0.25, 0.3) is 0 Å². The SMILES string of the molecule is C.C.C1=CCCC1.CC#N.CC(C)=C(Cl)N(C)Cc1ccc(C)cc1.ClC1CCCC1.OC1CCCC1. The number of aliphatic hydroxyl groups excluding tert-OH is 1. The van der Waals surface area contributed by atoms with E-state index in [0.717, 1.165) is 30.1 Å². The van der Waals surface area contributed by atoms with Gasteiger partial charge in [-0.25, -0.2) is 0 Å². The largest absolute Gasteiger partial charge is 0.393 e. The zero-order valence-corrected chi connectivity index (χ0v) is 24.2. The first kappa shape index (κ1) is 40.0. The molecule has 0 amide bonds. The summed E-state index contributed by atoms with van der Waals surface area (Å²) < 4.78 is 0. The molecule has 2 fully saturated rings. The van der Waals surface area contributed by atoms with Crippen LogP contribution in [0.2, 0.25) is 0 Å². The molecule has 0 spiro atoms. The van der Waals surface area contributed by atoms with Gasteiger partial charge in [-0.3, -0.25) is 0 Å². The van der Waals surface area contributed by atoms with Gasteiger partial charge in [0.05, 0.1) is 12.2 Å². The lowest BCUT2D eigenvalue weighted by atomic mass is 10.1. The van der Waals surface area contributed by atoms with E-state index in [4.69, 9.17) is 33.6 Å². The lowest BCUT2D eigenvalue weighted by Crippen LogP contribution is -2.14. The fourth-order valence-corrected chi connectivity index (χ4v) is 4.16. The number of aryl methyl sites for hydroxylation is 1. The number of rotatable bonds is 3. The number of hydrogen-bond donors (Lipinski definition) is 1. The average molecular weight is 556 g/mol. The maximum Gasteiger partial charge on any atom is 0.103 e. The Labute approximate surface area is 240 Å². The molecule has 4 rings (SSSR count). The van der Waals surface area contributed by atoms with E-state index in [1.54, 1.807) is 6.07 Å². The summed E-state index contributed by atoms with van der Waals surface area (Å²) in [5, 5.41) is 17.4. The lowest BCUT2D eigenvalue weighted by molar-refractivity contribution is 0.183. The van der Waals surface area contributed by atoms with Crippen LogP contribution >= 0.6 is 23.2 Å². The van der Waals surface area contributed by atoms with E-state index in [9.17, 15) is 0 Å². The third-order valence-electron chi connectivity index (χ3n) is 5.81. The molecule has 0 aliphatic heterocycles. The molecule has 1 aromatic rings. The van der Waals surface area contributed by atoms with Gasteiger partial charge in [0, 0.05) is 25.9 Å². The summed E-state index contributed by atoms with van der Waals surface area (Å²) in [6.45, 7) is 8.42. The third kappa shape index (κ3) is 23.4. The molecule has 0 aromatic heterocycles. The first-order chi connectivity index (χ1) is 16.7. The highest BCUT2D eigenvalue weighted by atomic mass is 35.5. The molecule has 0 heterocycles. The van der Waals surface area contributed by atoms with Crippen molar-refractivity contribution in [2.24, 2.45) is 0 Å². The molecule has 214 valence electrons. The van der Waals surface area contributed by atoms with Crippen molar-refractivity contribution in [2.45, 2.75) is 131 Å². The second kappa shape index (κ2) is 26.1. The smallest absolute Gasteiger partial charge is 0.103 e. The molecule has 0 atom stereocenters. The number of benzene rings is 1. The summed E-state index contributed by atoms with van der Waals surface area (Å²) in [6.07, 6.45) is 18.3. The standard InChI is InChI=1S/C13H18ClN.C5H9Cl.C5H10O.C5H8.C2H3N.2CH4/c1-10(2)13(14)15(4)9-12-7-5-11(3)6-8-12;2*6-5-3-1-2-4-5;1-2-4-5-3-1;1-2-3;;/h5-8H,9H2,1-4H3;5H,1-4H2;5-6H,1-4H2;1-2H,3-5H2;1H3;2*1H4. The van der Waals surface area contributed by atoms with Crippen molar-refractivity contribution in [2.75, 3.05) is 7.05 Å². The molecule has 3 aliphatic rings. The molecule has 0 unspecified atom stereocenters. The van der Waals surface area contributed by atoms with Crippen molar-refractivity contribution in [3.8, 4) is 6.07 Å². The Bertz CT molecular complexity index is 717. The number of nitrogens with zero attached hydrogens (tertiary/aromatic N) is 2. The van der Waals surface area contributed by atoms with E-state index < -0.39 is 0 Å². The van der Waals surface area contributed by atoms with Crippen LogP contribution in [0.15, 0.2) is 47.1 Å². The van der Waals surface area contributed by atoms with Crippen LogP contribution < -0.4 is 0 Å². The van der Waals surface area contributed by atoms with Crippen LogP contribution in [-0.2, 0) is 6.54 Å². The zero-order valence-electron chi connectivity index (χ0n) is 22.7. The van der Waals surface area contributed by atoms with Crippen LogP contribution in [0.5, 0.6) is 0 Å². The first-order valence-corrected chi connectivity index (χ1v) is 13.9. The molecular weight excluding hydrogens is 499 g/mol. The number of alkyl halides is 1. The Morgan fingerprint density at radius 3 is 1.65 bits per heavy atom. The fraction of sp³-hybridized carbons (Fsp3) is 0.656. The first-order valence-electron chi connectivity index (χ1n) is 13.1. The van der Waals surface area contributed by atoms with Crippen LogP contribution in [0.25, 0.3) is 0 Å². The molecule has 1 aromatic carbocycles. The summed E-state index contributed by atoms with van der Waals surface area (Å²) in [4.78, 5) is 2.06. The molecule has 3 nitrogen and oxygen atoms in total. The van der Waals surface area contributed by atoms with Gasteiger partial charge in [-0.05, 0) is 76.9 Å². The Hall–Kier alpha value is -1.47. The molecule has 0 saturated heterocycles. The Morgan fingerprint density at radius 1 is 0.946 bits per heavy atom. The Balaban J connectivity index is -0.000000437. The minimum absolute atomic E-state index is 0. The predicted octanol–water partition coefficient (Wildman–Crippen LogP) is 10.5. The number of allylic oxidation sites excluding steroid dienone is 3. The predicted molar refractivity (Wildman–Crippen MR) is 167 cm³/mol. The fourth-order valence-electron chi connectivity index (χ4n) is 3.79. The molecule has 37 heavy (non-hydrogen) atoms. The van der Waals surface area contributed by atoms with Crippen molar-refractivity contribution >= 4 is 23.2 Å². The van der Waals surface area contributed by atoms with Crippen molar-refractivity contribution in [3.63, 3.8) is 0 Å². The van der Waals surface area contributed by atoms with E-state index in [0.29, 0.717) is 5.38 Å². The second-order valence-electron chi connectivity index (χ2n) is 9.58. The van der Waals surface area contributed by atoms with Crippen molar-refractivity contribution in [3.05, 3.63) is 58.3 Å². The molecular formula is C32H56Cl2N2O. The number of nitriles is 1. The second-order valence-corrected chi connectivity index (χ2v) is 10.6. The highest BCUT2D eigenvalue weighted by molar-refractivity contribution is 6.29. The highest BCUT2D eigenvalue weighted by Crippen LogP contribution is 2.22. The van der Waals surface area contributed by atoms with Crippen LogP contribution in [0, 0.1) is 18.3 Å². The highest BCUT2D eigenvalue weighted by Gasteiger charge is 2.10. The number of aliphatic hydroxyl groups is 1. The molecule has 2 saturated carbocycles. The maximum absolute atomic E-state index is 8.73. The summed E-state index contributed by atoms with van der Waals surface area (Å²) >= 11 is 11.9. The minimum Gasteiger partial charge on any atom is -0.393 e. The van der Waals surface area contributed by atoms with Gasteiger partial charge in [0.1, 0.15) is 5.16 Å². The van der Waals surface area contributed by atoms with Crippen LogP contribution in [-0.4, -0.2) is 28.5 Å². The van der Waals surface area contributed by atoms with Gasteiger partial charge in [0.15, 0.2) is 0 Å². The summed E-state index contributed by atoms with van der Waals surface area (Å²) in [5.41, 5.74) is 3.71. The van der Waals surface area contributed by atoms with Crippen LogP contribution in [0.3, 0.4) is 0 Å².